The number of benzene rings is 1. The lowest BCUT2D eigenvalue weighted by Crippen LogP contribution is -2.22. The van der Waals surface area contributed by atoms with Crippen LogP contribution in [0.1, 0.15) is 102 Å². The second-order valence-electron chi connectivity index (χ2n) is 13.5. The van der Waals surface area contributed by atoms with Gasteiger partial charge < -0.3 is 9.13 Å². The standard InChI is InChI=1S/C42H41N3/c1-28-33(18-11-23-38(28)45-41-21-8-4-16-36(41)37-17-5-9-22-42(37)45)31-24-30(26-43-27-31)29-12-10-13-32(25-29)44-39-19-6-2-14-34(39)35-15-3-7-20-40(35)44/h4-7,10,12-13,16-17,19-20,23-28,33H,2-3,8-9,11,14-15,18,21-22H2,1H3. The van der Waals surface area contributed by atoms with Crippen LogP contribution in [0.25, 0.3) is 46.8 Å². The maximum atomic E-state index is 4.86. The molecule has 224 valence electrons. The number of hydrogen-bond acceptors (Lipinski definition) is 1. The third-order valence-electron chi connectivity index (χ3n) is 11.0. The molecule has 0 fully saturated rings. The van der Waals surface area contributed by atoms with Crippen molar-refractivity contribution in [3.8, 4) is 16.8 Å². The highest BCUT2D eigenvalue weighted by molar-refractivity contribution is 5.76. The number of nitrogens with zero attached hydrogens (tertiary/aromatic N) is 3. The summed E-state index contributed by atoms with van der Waals surface area (Å²) in [6.07, 6.45) is 37.0. The maximum absolute atomic E-state index is 4.86. The fraction of sp³-hybridized carbons (Fsp3) is 0.310. The highest BCUT2D eigenvalue weighted by Crippen LogP contribution is 2.45. The first kappa shape index (κ1) is 27.0. The second kappa shape index (κ2) is 10.9. The molecule has 9 rings (SSSR count). The smallest absolute Gasteiger partial charge is 0.0494 e. The number of fused-ring (bicyclic) bond motifs is 6. The van der Waals surface area contributed by atoms with Crippen LogP contribution in [-0.2, 0) is 25.7 Å². The predicted octanol–water partition coefficient (Wildman–Crippen LogP) is 10.2. The third-order valence-corrected chi connectivity index (χ3v) is 11.0. The van der Waals surface area contributed by atoms with E-state index in [9.17, 15) is 0 Å². The molecule has 2 unspecified atom stereocenters. The first-order valence-corrected chi connectivity index (χ1v) is 17.2. The topological polar surface area (TPSA) is 22.8 Å². The van der Waals surface area contributed by atoms with Gasteiger partial charge in [-0.05, 0) is 123 Å². The number of allylic oxidation sites excluding steroid dienone is 6. The number of pyridine rings is 1. The van der Waals surface area contributed by atoms with E-state index in [1.54, 1.807) is 11.1 Å². The Kier molecular flexibility index (Phi) is 6.54. The van der Waals surface area contributed by atoms with Crippen LogP contribution in [0.2, 0.25) is 0 Å². The van der Waals surface area contributed by atoms with Crippen LogP contribution in [0.5, 0.6) is 0 Å². The Morgan fingerprint density at radius 1 is 0.667 bits per heavy atom. The molecule has 3 aromatic heterocycles. The van der Waals surface area contributed by atoms with Crippen molar-refractivity contribution in [2.24, 2.45) is 5.92 Å². The molecule has 4 aromatic rings. The van der Waals surface area contributed by atoms with Gasteiger partial charge in [-0.25, -0.2) is 0 Å². The van der Waals surface area contributed by atoms with Gasteiger partial charge in [-0.2, -0.15) is 0 Å². The average Bonchev–Trinajstić information content (AvgIpc) is 3.62. The zero-order chi connectivity index (χ0) is 29.9. The van der Waals surface area contributed by atoms with Gasteiger partial charge in [0.25, 0.3) is 0 Å². The van der Waals surface area contributed by atoms with Crippen LogP contribution < -0.4 is 0 Å². The van der Waals surface area contributed by atoms with E-state index in [0.717, 1.165) is 57.8 Å². The first-order chi connectivity index (χ1) is 22.3. The summed E-state index contributed by atoms with van der Waals surface area (Å²) in [5.41, 5.74) is 18.4. The lowest BCUT2D eigenvalue weighted by atomic mass is 9.78. The van der Waals surface area contributed by atoms with Crippen LogP contribution in [0.3, 0.4) is 0 Å². The van der Waals surface area contributed by atoms with E-state index in [2.05, 4.69) is 113 Å². The summed E-state index contributed by atoms with van der Waals surface area (Å²) in [5.74, 6) is 0.877. The zero-order valence-electron chi connectivity index (χ0n) is 26.3. The molecule has 0 saturated carbocycles. The Bertz CT molecular complexity index is 1900. The van der Waals surface area contributed by atoms with Crippen LogP contribution in [0, 0.1) is 5.92 Å². The highest BCUT2D eigenvalue weighted by Gasteiger charge is 2.32. The van der Waals surface area contributed by atoms with Gasteiger partial charge in [-0.1, -0.05) is 61.6 Å². The summed E-state index contributed by atoms with van der Waals surface area (Å²) >= 11 is 0. The monoisotopic (exact) mass is 587 g/mol. The zero-order valence-corrected chi connectivity index (χ0v) is 26.3. The molecule has 0 aliphatic heterocycles. The molecule has 5 aliphatic rings. The van der Waals surface area contributed by atoms with E-state index in [4.69, 9.17) is 4.98 Å². The van der Waals surface area contributed by atoms with E-state index < -0.39 is 0 Å². The first-order valence-electron chi connectivity index (χ1n) is 17.2. The van der Waals surface area contributed by atoms with Crippen LogP contribution >= 0.6 is 0 Å². The molecule has 0 spiro atoms. The summed E-state index contributed by atoms with van der Waals surface area (Å²) in [6.45, 7) is 2.46. The minimum Gasteiger partial charge on any atom is -0.320 e. The van der Waals surface area contributed by atoms with Gasteiger partial charge in [0.1, 0.15) is 0 Å². The molecule has 2 atom stereocenters. The molecule has 5 aliphatic carbocycles. The van der Waals surface area contributed by atoms with Crippen molar-refractivity contribution >= 4 is 30.0 Å². The summed E-state index contributed by atoms with van der Waals surface area (Å²) in [5, 5.41) is 0. The normalized spacial score (nSPS) is 21.2. The van der Waals surface area contributed by atoms with Gasteiger partial charge in [0.05, 0.1) is 0 Å². The van der Waals surface area contributed by atoms with Gasteiger partial charge in [0.15, 0.2) is 0 Å². The molecule has 0 bridgehead atoms. The number of aromatic nitrogens is 3. The SMILES string of the molecule is CC1C(n2c3c(c4c2CCC=C4)C=CCC3)=CCCC1c1cncc(-c2cccc(-n3c4c(c5c3C=CCC5)CCC=C4)c2)c1. The Balaban J connectivity index is 1.07. The van der Waals surface area contributed by atoms with Crippen molar-refractivity contribution in [2.45, 2.75) is 77.0 Å². The van der Waals surface area contributed by atoms with E-state index in [1.165, 1.54) is 68.4 Å². The Morgan fingerprint density at radius 2 is 1.33 bits per heavy atom. The largest absolute Gasteiger partial charge is 0.320 e. The van der Waals surface area contributed by atoms with E-state index in [0.29, 0.717) is 11.8 Å². The van der Waals surface area contributed by atoms with E-state index in [-0.39, 0.29) is 0 Å². The fourth-order valence-corrected chi connectivity index (χ4v) is 8.92. The minimum atomic E-state index is 0.427. The molecule has 0 saturated heterocycles. The quantitative estimate of drug-likeness (QED) is 0.233. The van der Waals surface area contributed by atoms with Crippen LogP contribution in [-0.4, -0.2) is 14.1 Å². The highest BCUT2D eigenvalue weighted by atomic mass is 15.0. The fourth-order valence-electron chi connectivity index (χ4n) is 8.92. The summed E-state index contributed by atoms with van der Waals surface area (Å²) < 4.78 is 5.19. The molecule has 3 heterocycles. The molecular weight excluding hydrogens is 546 g/mol. The van der Waals surface area contributed by atoms with Crippen molar-refractivity contribution in [1.29, 1.82) is 0 Å². The molecule has 3 heteroatoms. The van der Waals surface area contributed by atoms with Crippen molar-refractivity contribution in [2.75, 3.05) is 0 Å². The van der Waals surface area contributed by atoms with Crippen LogP contribution in [0.4, 0.5) is 0 Å². The molecule has 0 amide bonds. The minimum absolute atomic E-state index is 0.427. The number of hydrogen-bond donors (Lipinski definition) is 0. The molecule has 3 nitrogen and oxygen atoms in total. The number of rotatable bonds is 4. The van der Waals surface area contributed by atoms with E-state index in [1.807, 2.05) is 0 Å². The second-order valence-corrected chi connectivity index (χ2v) is 13.5. The summed E-state index contributed by atoms with van der Waals surface area (Å²) in [6, 6.07) is 11.6. The molecular formula is C42H41N3. The Labute approximate surface area is 267 Å². The van der Waals surface area contributed by atoms with Gasteiger partial charge in [0, 0.05) is 69.2 Å². The average molecular weight is 588 g/mol. The summed E-state index contributed by atoms with van der Waals surface area (Å²) in [7, 11) is 0. The van der Waals surface area contributed by atoms with Crippen molar-refractivity contribution in [3.63, 3.8) is 0 Å². The van der Waals surface area contributed by atoms with Crippen molar-refractivity contribution in [3.05, 3.63) is 124 Å². The van der Waals surface area contributed by atoms with Gasteiger partial charge in [0.2, 0.25) is 0 Å². The van der Waals surface area contributed by atoms with Gasteiger partial charge in [-0.3, -0.25) is 4.98 Å². The molecule has 0 N–H and O–H groups in total. The Morgan fingerprint density at radius 3 is 2.04 bits per heavy atom. The lowest BCUT2D eigenvalue weighted by Gasteiger charge is -2.33. The molecule has 45 heavy (non-hydrogen) atoms. The van der Waals surface area contributed by atoms with E-state index >= 15 is 0 Å². The summed E-state index contributed by atoms with van der Waals surface area (Å²) in [4.78, 5) is 4.86. The molecule has 1 aromatic carbocycles. The maximum Gasteiger partial charge on any atom is 0.0494 e. The lowest BCUT2D eigenvalue weighted by molar-refractivity contribution is 0.485. The molecule has 0 radical (unpaired) electrons. The third kappa shape index (κ3) is 4.35. The van der Waals surface area contributed by atoms with Gasteiger partial charge in [-0.15, -0.1) is 0 Å². The van der Waals surface area contributed by atoms with Crippen molar-refractivity contribution in [1.82, 2.24) is 14.1 Å². The van der Waals surface area contributed by atoms with Gasteiger partial charge >= 0.3 is 0 Å². The predicted molar refractivity (Wildman–Crippen MR) is 188 cm³/mol. The van der Waals surface area contributed by atoms with Crippen LogP contribution in [0.15, 0.2) is 73.1 Å². The van der Waals surface area contributed by atoms with Crippen molar-refractivity contribution < 1.29 is 0 Å². The Hall–Kier alpha value is -4.37.